The van der Waals surface area contributed by atoms with E-state index in [1.54, 1.807) is 36.4 Å². The van der Waals surface area contributed by atoms with E-state index in [9.17, 15) is 4.79 Å². The van der Waals surface area contributed by atoms with Gasteiger partial charge in [-0.3, -0.25) is 0 Å². The molecule has 0 amide bonds. The Labute approximate surface area is 116 Å². The highest BCUT2D eigenvalue weighted by Crippen LogP contribution is 2.20. The van der Waals surface area contributed by atoms with Crippen LogP contribution in [0.25, 0.3) is 0 Å². The van der Waals surface area contributed by atoms with Crippen molar-refractivity contribution in [1.82, 2.24) is 0 Å². The Morgan fingerprint density at radius 1 is 1.21 bits per heavy atom. The van der Waals surface area contributed by atoms with Gasteiger partial charge in [-0.2, -0.15) is 0 Å². The maximum Gasteiger partial charge on any atom is 0.345 e. The van der Waals surface area contributed by atoms with Gasteiger partial charge in [-0.15, -0.1) is 0 Å². The van der Waals surface area contributed by atoms with Crippen LogP contribution in [0.5, 0.6) is 5.75 Å². The fourth-order valence-corrected chi connectivity index (χ4v) is 1.82. The highest BCUT2D eigenvalue weighted by molar-refractivity contribution is 6.33. The van der Waals surface area contributed by atoms with Crippen LogP contribution >= 0.6 is 11.6 Å². The Morgan fingerprint density at radius 2 is 1.89 bits per heavy atom. The highest BCUT2D eigenvalue weighted by Gasteiger charge is 2.13. The van der Waals surface area contributed by atoms with Gasteiger partial charge in [0.2, 0.25) is 0 Å². The molecule has 2 aromatic carbocycles. The summed E-state index contributed by atoms with van der Waals surface area (Å²) in [6.07, 6.45) is 0. The Balaban J connectivity index is 2.18. The molecule has 0 aromatic heterocycles. The second-order valence-electron chi connectivity index (χ2n) is 4.17. The standard InChI is InChI=1S/C15H13ClO3/c1-10-2-7-14(16)13(8-10)15(18)19-12-5-3-11(9-17)4-6-12/h2-8,17H,9H2,1H3. The van der Waals surface area contributed by atoms with Gasteiger partial charge in [0.1, 0.15) is 5.75 Å². The van der Waals surface area contributed by atoms with Crippen molar-refractivity contribution in [1.29, 1.82) is 0 Å². The maximum atomic E-state index is 12.0. The number of carbonyl (C=O) groups is 1. The van der Waals surface area contributed by atoms with E-state index in [0.717, 1.165) is 11.1 Å². The fraction of sp³-hybridized carbons (Fsp3) is 0.133. The first kappa shape index (κ1) is 13.6. The SMILES string of the molecule is Cc1ccc(Cl)c(C(=O)Oc2ccc(CO)cc2)c1. The lowest BCUT2D eigenvalue weighted by molar-refractivity contribution is 0.0735. The smallest absolute Gasteiger partial charge is 0.345 e. The number of esters is 1. The van der Waals surface area contributed by atoms with Crippen LogP contribution in [0, 0.1) is 6.92 Å². The Morgan fingerprint density at radius 3 is 2.53 bits per heavy atom. The molecule has 0 radical (unpaired) electrons. The first-order valence-corrected chi connectivity index (χ1v) is 6.16. The van der Waals surface area contributed by atoms with Crippen molar-refractivity contribution in [3.05, 3.63) is 64.2 Å². The minimum atomic E-state index is -0.495. The van der Waals surface area contributed by atoms with Crippen LogP contribution in [0.4, 0.5) is 0 Å². The van der Waals surface area contributed by atoms with E-state index >= 15 is 0 Å². The molecular weight excluding hydrogens is 264 g/mol. The van der Waals surface area contributed by atoms with E-state index in [1.165, 1.54) is 0 Å². The van der Waals surface area contributed by atoms with Gasteiger partial charge in [-0.05, 0) is 36.8 Å². The van der Waals surface area contributed by atoms with E-state index in [0.29, 0.717) is 16.3 Å². The van der Waals surface area contributed by atoms with Crippen LogP contribution in [-0.4, -0.2) is 11.1 Å². The van der Waals surface area contributed by atoms with Crippen LogP contribution in [0.2, 0.25) is 5.02 Å². The molecule has 0 fully saturated rings. The van der Waals surface area contributed by atoms with Crippen molar-refractivity contribution in [2.75, 3.05) is 0 Å². The number of rotatable bonds is 3. The first-order chi connectivity index (χ1) is 9.10. The van der Waals surface area contributed by atoms with Crippen LogP contribution < -0.4 is 4.74 Å². The number of ether oxygens (including phenoxy) is 1. The maximum absolute atomic E-state index is 12.0. The van der Waals surface area contributed by atoms with Gasteiger partial charge >= 0.3 is 5.97 Å². The number of aliphatic hydroxyl groups excluding tert-OH is 1. The summed E-state index contributed by atoms with van der Waals surface area (Å²) in [6, 6.07) is 11.8. The lowest BCUT2D eigenvalue weighted by Crippen LogP contribution is -2.09. The minimum Gasteiger partial charge on any atom is -0.423 e. The zero-order chi connectivity index (χ0) is 13.8. The summed E-state index contributed by atoms with van der Waals surface area (Å²) in [5, 5.41) is 9.29. The molecule has 0 aliphatic rings. The Hall–Kier alpha value is -1.84. The van der Waals surface area contributed by atoms with E-state index in [-0.39, 0.29) is 6.61 Å². The van der Waals surface area contributed by atoms with Gasteiger partial charge in [-0.25, -0.2) is 4.79 Å². The first-order valence-electron chi connectivity index (χ1n) is 5.78. The monoisotopic (exact) mass is 276 g/mol. The zero-order valence-corrected chi connectivity index (χ0v) is 11.1. The molecule has 1 N–H and O–H groups in total. The van der Waals surface area contributed by atoms with Crippen LogP contribution in [0.3, 0.4) is 0 Å². The molecule has 0 aliphatic heterocycles. The van der Waals surface area contributed by atoms with Gasteiger partial charge in [0, 0.05) is 0 Å². The largest absolute Gasteiger partial charge is 0.423 e. The molecule has 0 aliphatic carbocycles. The predicted octanol–water partition coefficient (Wildman–Crippen LogP) is 3.36. The number of hydrogen-bond donors (Lipinski definition) is 1. The molecule has 0 saturated heterocycles. The molecule has 19 heavy (non-hydrogen) atoms. The molecule has 0 atom stereocenters. The van der Waals surface area contributed by atoms with Crippen LogP contribution in [0.1, 0.15) is 21.5 Å². The summed E-state index contributed by atoms with van der Waals surface area (Å²) in [7, 11) is 0. The third-order valence-corrected chi connectivity index (χ3v) is 2.99. The number of halogens is 1. The second-order valence-corrected chi connectivity index (χ2v) is 4.58. The summed E-state index contributed by atoms with van der Waals surface area (Å²) in [5.74, 6) is -0.0785. The van der Waals surface area contributed by atoms with E-state index < -0.39 is 5.97 Å². The number of aryl methyl sites for hydroxylation is 1. The third kappa shape index (κ3) is 3.34. The average molecular weight is 277 g/mol. The van der Waals surface area contributed by atoms with Gasteiger partial charge in [0.25, 0.3) is 0 Å². The molecule has 0 saturated carbocycles. The van der Waals surface area contributed by atoms with Crippen molar-refractivity contribution in [3.8, 4) is 5.75 Å². The molecule has 2 rings (SSSR count). The van der Waals surface area contributed by atoms with Gasteiger partial charge in [0.15, 0.2) is 0 Å². The molecular formula is C15H13ClO3. The van der Waals surface area contributed by atoms with Crippen molar-refractivity contribution in [3.63, 3.8) is 0 Å². The average Bonchev–Trinajstić information content (AvgIpc) is 2.42. The van der Waals surface area contributed by atoms with E-state index in [1.807, 2.05) is 13.0 Å². The van der Waals surface area contributed by atoms with Gasteiger partial charge in [-0.1, -0.05) is 35.4 Å². The minimum absolute atomic E-state index is 0.0437. The summed E-state index contributed by atoms with van der Waals surface area (Å²) < 4.78 is 5.23. The Bertz CT molecular complexity index is 591. The van der Waals surface area contributed by atoms with Crippen molar-refractivity contribution in [2.24, 2.45) is 0 Å². The zero-order valence-electron chi connectivity index (χ0n) is 10.4. The number of benzene rings is 2. The third-order valence-electron chi connectivity index (χ3n) is 2.66. The van der Waals surface area contributed by atoms with Gasteiger partial charge < -0.3 is 9.84 Å². The molecule has 0 heterocycles. The van der Waals surface area contributed by atoms with E-state index in [4.69, 9.17) is 21.4 Å². The van der Waals surface area contributed by atoms with E-state index in [2.05, 4.69) is 0 Å². The summed E-state index contributed by atoms with van der Waals surface area (Å²) in [5.41, 5.74) is 2.04. The van der Waals surface area contributed by atoms with Crippen molar-refractivity contribution in [2.45, 2.75) is 13.5 Å². The lowest BCUT2D eigenvalue weighted by Gasteiger charge is -2.07. The molecule has 3 nitrogen and oxygen atoms in total. The topological polar surface area (TPSA) is 46.5 Å². The molecule has 0 bridgehead atoms. The van der Waals surface area contributed by atoms with Crippen molar-refractivity contribution >= 4 is 17.6 Å². The molecule has 98 valence electrons. The normalized spacial score (nSPS) is 10.3. The predicted molar refractivity (Wildman–Crippen MR) is 73.5 cm³/mol. The lowest BCUT2D eigenvalue weighted by atomic mass is 10.1. The van der Waals surface area contributed by atoms with Gasteiger partial charge in [0.05, 0.1) is 17.2 Å². The number of hydrogen-bond acceptors (Lipinski definition) is 3. The number of carbonyl (C=O) groups excluding carboxylic acids is 1. The van der Waals surface area contributed by atoms with Crippen molar-refractivity contribution < 1.29 is 14.6 Å². The molecule has 0 spiro atoms. The summed E-state index contributed by atoms with van der Waals surface area (Å²) in [6.45, 7) is 1.83. The highest BCUT2D eigenvalue weighted by atomic mass is 35.5. The second kappa shape index (κ2) is 5.87. The van der Waals surface area contributed by atoms with Crippen LogP contribution in [0.15, 0.2) is 42.5 Å². The summed E-state index contributed by atoms with van der Waals surface area (Å²) >= 11 is 5.97. The number of aliphatic hydroxyl groups is 1. The van der Waals surface area contributed by atoms with Crippen LogP contribution in [-0.2, 0) is 6.61 Å². The Kier molecular flexibility index (Phi) is 4.20. The quantitative estimate of drug-likeness (QED) is 0.691. The fourth-order valence-electron chi connectivity index (χ4n) is 1.62. The molecule has 0 unspecified atom stereocenters. The molecule has 4 heteroatoms. The molecule has 2 aromatic rings. The summed E-state index contributed by atoms with van der Waals surface area (Å²) in [4.78, 5) is 12.0.